The largest absolute Gasteiger partial charge is 0.467 e. The average molecular weight is 293 g/mol. The molecule has 1 saturated carbocycles. The Kier molecular flexibility index (Phi) is 6.02. The second kappa shape index (κ2) is 8.00. The lowest BCUT2D eigenvalue weighted by molar-refractivity contribution is 0.311. The highest BCUT2D eigenvalue weighted by molar-refractivity contribution is 5.36. The Hall–Kier alpha value is -1.59. The van der Waals surface area contributed by atoms with Crippen LogP contribution in [0.15, 0.2) is 0 Å². The van der Waals surface area contributed by atoms with Crippen LogP contribution in [0, 0.1) is 5.92 Å². The molecule has 0 spiro atoms. The molecule has 1 fully saturated rings. The summed E-state index contributed by atoms with van der Waals surface area (Å²) < 4.78 is 5.16. The molecule has 0 saturated heterocycles. The van der Waals surface area contributed by atoms with Crippen LogP contribution in [0.4, 0.5) is 11.9 Å². The fraction of sp³-hybridized carbons (Fsp3) is 0.800. The SMILES string of the molecule is CCNc1nc(NC(CC)C2CCCCC2)nc(OC)n1. The van der Waals surface area contributed by atoms with Gasteiger partial charge in [-0.25, -0.2) is 0 Å². The molecule has 118 valence electrons. The third-order valence-corrected chi connectivity index (χ3v) is 4.11. The Morgan fingerprint density at radius 3 is 2.43 bits per heavy atom. The molecule has 0 aliphatic heterocycles. The first-order valence-electron chi connectivity index (χ1n) is 8.07. The van der Waals surface area contributed by atoms with Gasteiger partial charge >= 0.3 is 6.01 Å². The van der Waals surface area contributed by atoms with E-state index in [0.717, 1.165) is 13.0 Å². The molecule has 6 heteroatoms. The lowest BCUT2D eigenvalue weighted by Crippen LogP contribution is -2.31. The summed E-state index contributed by atoms with van der Waals surface area (Å²) in [6.07, 6.45) is 7.73. The van der Waals surface area contributed by atoms with Crippen LogP contribution in [0.25, 0.3) is 0 Å². The molecule has 0 amide bonds. The van der Waals surface area contributed by atoms with Crippen LogP contribution in [0.1, 0.15) is 52.4 Å². The summed E-state index contributed by atoms with van der Waals surface area (Å²) in [4.78, 5) is 12.9. The number of anilines is 2. The van der Waals surface area contributed by atoms with Crippen LogP contribution in [0.5, 0.6) is 6.01 Å². The van der Waals surface area contributed by atoms with Gasteiger partial charge in [-0.15, -0.1) is 0 Å². The molecule has 1 aliphatic rings. The lowest BCUT2D eigenvalue weighted by atomic mass is 9.83. The normalized spacial score (nSPS) is 17.3. The van der Waals surface area contributed by atoms with Crippen molar-refractivity contribution in [3.63, 3.8) is 0 Å². The van der Waals surface area contributed by atoms with E-state index < -0.39 is 0 Å². The summed E-state index contributed by atoms with van der Waals surface area (Å²) in [7, 11) is 1.58. The van der Waals surface area contributed by atoms with E-state index in [4.69, 9.17) is 4.74 Å². The van der Waals surface area contributed by atoms with E-state index in [1.165, 1.54) is 32.1 Å². The van der Waals surface area contributed by atoms with E-state index in [-0.39, 0.29) is 0 Å². The molecule has 6 nitrogen and oxygen atoms in total. The highest BCUT2D eigenvalue weighted by Gasteiger charge is 2.23. The summed E-state index contributed by atoms with van der Waals surface area (Å²) in [5, 5.41) is 6.60. The molecular weight excluding hydrogens is 266 g/mol. The van der Waals surface area contributed by atoms with Gasteiger partial charge in [0.1, 0.15) is 0 Å². The fourth-order valence-corrected chi connectivity index (χ4v) is 3.01. The van der Waals surface area contributed by atoms with Crippen LogP contribution in [-0.4, -0.2) is 34.6 Å². The van der Waals surface area contributed by atoms with E-state index in [1.54, 1.807) is 7.11 Å². The van der Waals surface area contributed by atoms with Gasteiger partial charge < -0.3 is 15.4 Å². The molecule has 0 aromatic carbocycles. The van der Waals surface area contributed by atoms with Crippen molar-refractivity contribution in [2.24, 2.45) is 5.92 Å². The Bertz CT molecular complexity index is 434. The van der Waals surface area contributed by atoms with Crippen LogP contribution in [0.2, 0.25) is 0 Å². The summed E-state index contributed by atoms with van der Waals surface area (Å²) in [6.45, 7) is 5.00. The highest BCUT2D eigenvalue weighted by atomic mass is 16.5. The zero-order chi connectivity index (χ0) is 15.1. The third-order valence-electron chi connectivity index (χ3n) is 4.11. The standard InChI is InChI=1S/C15H27N5O/c1-4-12(11-9-7-6-8-10-11)17-14-18-13(16-5-2)19-15(20-14)21-3/h11-12H,4-10H2,1-3H3,(H2,16,17,18,19,20). The van der Waals surface area contributed by atoms with Gasteiger partial charge in [0.25, 0.3) is 0 Å². The molecule has 2 rings (SSSR count). The van der Waals surface area contributed by atoms with Gasteiger partial charge in [-0.1, -0.05) is 26.2 Å². The molecular formula is C15H27N5O. The minimum atomic E-state index is 0.349. The lowest BCUT2D eigenvalue weighted by Gasteiger charge is -2.30. The van der Waals surface area contributed by atoms with Crippen molar-refractivity contribution < 1.29 is 4.74 Å². The first-order valence-corrected chi connectivity index (χ1v) is 8.07. The van der Waals surface area contributed by atoms with Crippen molar-refractivity contribution in [1.29, 1.82) is 0 Å². The number of ether oxygens (including phenoxy) is 1. The van der Waals surface area contributed by atoms with Gasteiger partial charge in [0.2, 0.25) is 11.9 Å². The molecule has 2 N–H and O–H groups in total. The summed E-state index contributed by atoms with van der Waals surface area (Å²) in [5.41, 5.74) is 0. The predicted molar refractivity (Wildman–Crippen MR) is 84.8 cm³/mol. The van der Waals surface area contributed by atoms with Crippen molar-refractivity contribution in [1.82, 2.24) is 15.0 Å². The van der Waals surface area contributed by atoms with Crippen LogP contribution >= 0.6 is 0 Å². The van der Waals surface area contributed by atoms with E-state index in [1.807, 2.05) is 6.92 Å². The predicted octanol–water partition coefficient (Wildman–Crippen LogP) is 3.08. The number of nitrogens with zero attached hydrogens (tertiary/aromatic N) is 3. The van der Waals surface area contributed by atoms with E-state index in [2.05, 4.69) is 32.5 Å². The minimum absolute atomic E-state index is 0.349. The average Bonchev–Trinajstić information content (AvgIpc) is 2.53. The third kappa shape index (κ3) is 4.44. The molecule has 1 heterocycles. The minimum Gasteiger partial charge on any atom is -0.467 e. The Labute approximate surface area is 127 Å². The van der Waals surface area contributed by atoms with Crippen molar-refractivity contribution in [2.45, 2.75) is 58.4 Å². The Balaban J connectivity index is 2.09. The zero-order valence-electron chi connectivity index (χ0n) is 13.4. The van der Waals surface area contributed by atoms with Crippen molar-refractivity contribution in [3.05, 3.63) is 0 Å². The summed E-state index contributed by atoms with van der Waals surface area (Å²) in [6, 6.07) is 0.772. The van der Waals surface area contributed by atoms with Crippen molar-refractivity contribution in [3.8, 4) is 6.01 Å². The Morgan fingerprint density at radius 1 is 1.10 bits per heavy atom. The highest BCUT2D eigenvalue weighted by Crippen LogP contribution is 2.29. The Morgan fingerprint density at radius 2 is 1.81 bits per heavy atom. The smallest absolute Gasteiger partial charge is 0.322 e. The van der Waals surface area contributed by atoms with Gasteiger partial charge in [-0.2, -0.15) is 15.0 Å². The first-order chi connectivity index (χ1) is 10.3. The van der Waals surface area contributed by atoms with Crippen molar-refractivity contribution in [2.75, 3.05) is 24.3 Å². The van der Waals surface area contributed by atoms with E-state index >= 15 is 0 Å². The molecule has 1 aliphatic carbocycles. The van der Waals surface area contributed by atoms with Gasteiger partial charge in [0.05, 0.1) is 7.11 Å². The molecule has 1 unspecified atom stereocenters. The number of hydrogen-bond donors (Lipinski definition) is 2. The van der Waals surface area contributed by atoms with E-state index in [9.17, 15) is 0 Å². The van der Waals surface area contributed by atoms with Gasteiger partial charge in [0, 0.05) is 12.6 Å². The number of rotatable bonds is 7. The maximum absolute atomic E-state index is 5.16. The number of nitrogens with one attached hydrogen (secondary N) is 2. The number of hydrogen-bond acceptors (Lipinski definition) is 6. The quantitative estimate of drug-likeness (QED) is 0.805. The van der Waals surface area contributed by atoms with Gasteiger partial charge in [0.15, 0.2) is 0 Å². The monoisotopic (exact) mass is 293 g/mol. The van der Waals surface area contributed by atoms with Gasteiger partial charge in [-0.05, 0) is 32.1 Å². The maximum Gasteiger partial charge on any atom is 0.322 e. The van der Waals surface area contributed by atoms with Crippen LogP contribution in [0.3, 0.4) is 0 Å². The topological polar surface area (TPSA) is 72.0 Å². The molecule has 1 atom stereocenters. The number of methoxy groups -OCH3 is 1. The fourth-order valence-electron chi connectivity index (χ4n) is 3.01. The second-order valence-corrected chi connectivity index (χ2v) is 5.56. The molecule has 21 heavy (non-hydrogen) atoms. The molecule has 0 radical (unpaired) electrons. The zero-order valence-corrected chi connectivity index (χ0v) is 13.4. The van der Waals surface area contributed by atoms with E-state index in [0.29, 0.717) is 29.9 Å². The molecule has 0 bridgehead atoms. The summed E-state index contributed by atoms with van der Waals surface area (Å²) in [5.74, 6) is 1.88. The van der Waals surface area contributed by atoms with Gasteiger partial charge in [-0.3, -0.25) is 0 Å². The van der Waals surface area contributed by atoms with Crippen molar-refractivity contribution >= 4 is 11.9 Å². The second-order valence-electron chi connectivity index (χ2n) is 5.56. The first kappa shape index (κ1) is 15.8. The van der Waals surface area contributed by atoms with Crippen LogP contribution < -0.4 is 15.4 Å². The van der Waals surface area contributed by atoms with Crippen LogP contribution in [-0.2, 0) is 0 Å². The molecule has 1 aromatic heterocycles. The summed E-state index contributed by atoms with van der Waals surface area (Å²) >= 11 is 0. The number of aromatic nitrogens is 3. The maximum atomic E-state index is 5.16. The molecule has 1 aromatic rings.